The number of nitrogens with one attached hydrogen (secondary N) is 1. The summed E-state index contributed by atoms with van der Waals surface area (Å²) in [5.74, 6) is 0.935. The molecule has 2 aromatic carbocycles. The number of hydrogen-bond acceptors (Lipinski definition) is 5. The van der Waals surface area contributed by atoms with Crippen LogP contribution in [0.4, 0.5) is 5.00 Å². The molecule has 0 aliphatic heterocycles. The highest BCUT2D eigenvalue weighted by Crippen LogP contribution is 2.34. The summed E-state index contributed by atoms with van der Waals surface area (Å²) in [6.07, 6.45) is 4.21. The maximum absolute atomic E-state index is 13.6. The Morgan fingerprint density at radius 3 is 2.33 bits per heavy atom. The van der Waals surface area contributed by atoms with E-state index in [0.717, 1.165) is 59.3 Å². The van der Waals surface area contributed by atoms with Crippen molar-refractivity contribution in [2.75, 3.05) is 10.5 Å². The van der Waals surface area contributed by atoms with E-state index in [9.17, 15) is 13.2 Å². The molecular formula is C31H41N3O3S2Si. The van der Waals surface area contributed by atoms with Gasteiger partial charge in [0, 0.05) is 12.0 Å². The molecule has 2 heterocycles. The summed E-state index contributed by atoms with van der Waals surface area (Å²) in [7, 11) is -5.07. The highest BCUT2D eigenvalue weighted by atomic mass is 32.2. The third-order valence-corrected chi connectivity index (χ3v) is 13.1. The predicted molar refractivity (Wildman–Crippen MR) is 174 cm³/mol. The van der Waals surface area contributed by atoms with Crippen molar-refractivity contribution in [1.82, 2.24) is 9.55 Å². The van der Waals surface area contributed by atoms with Crippen LogP contribution in [0.3, 0.4) is 0 Å². The van der Waals surface area contributed by atoms with Crippen LogP contribution < -0.4 is 14.8 Å². The number of nitrogens with zero attached hydrogens (tertiary/aromatic N) is 2. The van der Waals surface area contributed by atoms with Gasteiger partial charge in [-0.1, -0.05) is 82.2 Å². The third-order valence-electron chi connectivity index (χ3n) is 7.03. The van der Waals surface area contributed by atoms with Gasteiger partial charge < -0.3 is 0 Å². The van der Waals surface area contributed by atoms with Crippen LogP contribution in [0.15, 0.2) is 53.3 Å². The first-order valence-electron chi connectivity index (χ1n) is 14.2. The van der Waals surface area contributed by atoms with Crippen molar-refractivity contribution in [3.8, 4) is 11.1 Å². The van der Waals surface area contributed by atoms with Gasteiger partial charge in [-0.15, -0.1) is 11.3 Å². The van der Waals surface area contributed by atoms with Gasteiger partial charge in [0.15, 0.2) is 0 Å². The molecule has 40 heavy (non-hydrogen) atoms. The molecule has 0 saturated heterocycles. The van der Waals surface area contributed by atoms with Crippen molar-refractivity contribution < 1.29 is 8.42 Å². The van der Waals surface area contributed by atoms with Gasteiger partial charge >= 0.3 is 0 Å². The third kappa shape index (κ3) is 7.11. The number of thiophene rings is 1. The summed E-state index contributed by atoms with van der Waals surface area (Å²) in [5.41, 5.74) is 4.66. The minimum absolute atomic E-state index is 0.00901. The molecule has 2 aromatic heterocycles. The Morgan fingerprint density at radius 2 is 1.68 bits per heavy atom. The van der Waals surface area contributed by atoms with E-state index < -0.39 is 18.1 Å². The molecule has 0 fully saturated rings. The smallest absolute Gasteiger partial charge is 0.261 e. The minimum atomic E-state index is -3.42. The van der Waals surface area contributed by atoms with E-state index in [0.29, 0.717) is 23.4 Å². The monoisotopic (exact) mass is 595 g/mol. The zero-order valence-electron chi connectivity index (χ0n) is 24.5. The number of sulfonamides is 1. The standard InChI is InChI=1S/C31H41N3O3S2Si/c1-7-9-11-28-32-27-17-12-22(3)19-26(27)31(35)34(28)21-23-13-15-24(16-14-23)25-20-29(40(4,5)6)38-30(25)33-39(36,37)18-10-8-2/h12-17,19-20,33H,7-11,18,21H2,1-6H3. The average molecular weight is 596 g/mol. The number of benzene rings is 2. The topological polar surface area (TPSA) is 81.1 Å². The van der Waals surface area contributed by atoms with Gasteiger partial charge in [-0.3, -0.25) is 14.1 Å². The van der Waals surface area contributed by atoms with Gasteiger partial charge in [-0.25, -0.2) is 13.4 Å². The van der Waals surface area contributed by atoms with Crippen molar-refractivity contribution in [1.29, 1.82) is 0 Å². The highest BCUT2D eigenvalue weighted by molar-refractivity contribution is 7.92. The van der Waals surface area contributed by atoms with Gasteiger partial charge in [0.05, 0.1) is 31.3 Å². The summed E-state index contributed by atoms with van der Waals surface area (Å²) in [6.45, 7) is 13.4. The van der Waals surface area contributed by atoms with E-state index in [4.69, 9.17) is 4.98 Å². The molecule has 0 unspecified atom stereocenters. The predicted octanol–water partition coefficient (Wildman–Crippen LogP) is 6.91. The molecule has 0 aliphatic rings. The summed E-state index contributed by atoms with van der Waals surface area (Å²) < 4.78 is 31.5. The van der Waals surface area contributed by atoms with E-state index in [2.05, 4.69) is 37.4 Å². The molecule has 4 aromatic rings. The first-order valence-corrected chi connectivity index (χ1v) is 20.1. The lowest BCUT2D eigenvalue weighted by atomic mass is 10.1. The van der Waals surface area contributed by atoms with Gasteiger partial charge in [-0.2, -0.15) is 0 Å². The molecule has 0 aliphatic carbocycles. The zero-order valence-corrected chi connectivity index (χ0v) is 27.1. The van der Waals surface area contributed by atoms with Gasteiger partial charge in [0.25, 0.3) is 5.56 Å². The van der Waals surface area contributed by atoms with Crippen molar-refractivity contribution in [3.05, 3.63) is 75.8 Å². The fraction of sp³-hybridized carbons (Fsp3) is 0.419. The molecule has 0 bridgehead atoms. The summed E-state index contributed by atoms with van der Waals surface area (Å²) in [5, 5.41) is 1.34. The van der Waals surface area contributed by atoms with Crippen LogP contribution in [0.1, 0.15) is 56.5 Å². The van der Waals surface area contributed by atoms with E-state index in [1.54, 1.807) is 11.3 Å². The Morgan fingerprint density at radius 1 is 0.975 bits per heavy atom. The van der Waals surface area contributed by atoms with E-state index in [1.807, 2.05) is 60.9 Å². The number of aryl methyl sites for hydroxylation is 2. The Kier molecular flexibility index (Phi) is 9.37. The minimum Gasteiger partial charge on any atom is -0.292 e. The summed E-state index contributed by atoms with van der Waals surface area (Å²) in [6, 6.07) is 16.1. The lowest BCUT2D eigenvalue weighted by Crippen LogP contribution is -2.34. The fourth-order valence-corrected chi connectivity index (χ4v) is 9.12. The average Bonchev–Trinajstić information content (AvgIpc) is 3.32. The van der Waals surface area contributed by atoms with E-state index in [-0.39, 0.29) is 11.3 Å². The Bertz CT molecular complexity index is 1650. The Labute approximate surface area is 243 Å². The SMILES string of the molecule is CCCCc1nc2ccc(C)cc2c(=O)n1Cc1ccc(-c2cc([Si](C)(C)C)sc2NS(=O)(=O)CCCC)cc1. The largest absolute Gasteiger partial charge is 0.292 e. The van der Waals surface area contributed by atoms with E-state index in [1.165, 1.54) is 4.50 Å². The van der Waals surface area contributed by atoms with Gasteiger partial charge in [0.2, 0.25) is 10.0 Å². The molecule has 0 spiro atoms. The Hall–Kier alpha value is -2.75. The molecule has 0 saturated carbocycles. The molecule has 0 radical (unpaired) electrons. The van der Waals surface area contributed by atoms with E-state index >= 15 is 0 Å². The maximum atomic E-state index is 13.6. The van der Waals surface area contributed by atoms with Crippen LogP contribution in [-0.4, -0.2) is 31.8 Å². The maximum Gasteiger partial charge on any atom is 0.261 e. The Balaban J connectivity index is 1.70. The van der Waals surface area contributed by atoms with Crippen LogP contribution in [0, 0.1) is 6.92 Å². The van der Waals surface area contributed by atoms with Crippen LogP contribution in [0.2, 0.25) is 19.6 Å². The highest BCUT2D eigenvalue weighted by Gasteiger charge is 2.24. The number of aromatic nitrogens is 2. The van der Waals surface area contributed by atoms with Gasteiger partial charge in [-0.05, 0) is 53.6 Å². The zero-order chi connectivity index (χ0) is 29.1. The van der Waals surface area contributed by atoms with Gasteiger partial charge in [0.1, 0.15) is 10.8 Å². The fourth-order valence-electron chi connectivity index (χ4n) is 4.62. The summed E-state index contributed by atoms with van der Waals surface area (Å²) in [4.78, 5) is 18.4. The number of rotatable bonds is 12. The quantitative estimate of drug-likeness (QED) is 0.181. The second-order valence-corrected chi connectivity index (χ2v) is 19.9. The van der Waals surface area contributed by atoms with Crippen LogP contribution in [0.25, 0.3) is 22.0 Å². The second kappa shape index (κ2) is 12.4. The molecular weight excluding hydrogens is 555 g/mol. The molecule has 4 rings (SSSR count). The molecule has 0 atom stereocenters. The second-order valence-electron chi connectivity index (χ2n) is 11.6. The van der Waals surface area contributed by atoms with Crippen molar-refractivity contribution in [2.45, 2.75) is 79.1 Å². The first-order chi connectivity index (χ1) is 18.9. The van der Waals surface area contributed by atoms with Crippen molar-refractivity contribution >= 4 is 49.8 Å². The lowest BCUT2D eigenvalue weighted by molar-refractivity contribution is 0.598. The number of hydrogen-bond donors (Lipinski definition) is 1. The van der Waals surface area contributed by atoms with Crippen LogP contribution in [0.5, 0.6) is 0 Å². The molecule has 1 N–H and O–H groups in total. The van der Waals surface area contributed by atoms with Crippen LogP contribution in [-0.2, 0) is 23.0 Å². The number of anilines is 1. The molecule has 214 valence electrons. The lowest BCUT2D eigenvalue weighted by Gasteiger charge is -2.14. The summed E-state index contributed by atoms with van der Waals surface area (Å²) >= 11 is 1.56. The first kappa shape index (κ1) is 30.2. The normalized spacial score (nSPS) is 12.2. The molecule has 9 heteroatoms. The van der Waals surface area contributed by atoms with Crippen molar-refractivity contribution in [3.63, 3.8) is 0 Å². The van der Waals surface area contributed by atoms with Crippen LogP contribution >= 0.6 is 11.3 Å². The molecule has 6 nitrogen and oxygen atoms in total. The number of fused-ring (bicyclic) bond motifs is 1. The number of unbranched alkanes of at least 4 members (excludes halogenated alkanes) is 2. The van der Waals surface area contributed by atoms with Crippen molar-refractivity contribution in [2.24, 2.45) is 0 Å². The molecule has 0 amide bonds.